The fourth-order valence-corrected chi connectivity index (χ4v) is 3.46. The molecule has 0 saturated carbocycles. The van der Waals surface area contributed by atoms with E-state index in [1.807, 2.05) is 24.3 Å². The minimum atomic E-state index is -0.596. The van der Waals surface area contributed by atoms with Crippen molar-refractivity contribution < 1.29 is 9.21 Å². The van der Waals surface area contributed by atoms with E-state index in [1.54, 1.807) is 48.7 Å². The molecule has 0 unspecified atom stereocenters. The van der Waals surface area contributed by atoms with E-state index in [9.17, 15) is 14.4 Å². The van der Waals surface area contributed by atoms with Gasteiger partial charge in [-0.15, -0.1) is 6.58 Å². The molecule has 0 bridgehead atoms. The number of nitrogens with one attached hydrogen (secondary N) is 1. The van der Waals surface area contributed by atoms with Gasteiger partial charge in [-0.05, 0) is 42.0 Å². The predicted molar refractivity (Wildman–Crippen MR) is 118 cm³/mol. The van der Waals surface area contributed by atoms with Crippen LogP contribution in [0.25, 0.3) is 11.0 Å². The van der Waals surface area contributed by atoms with Crippen LogP contribution in [0, 0.1) is 0 Å². The molecule has 1 N–H and O–H groups in total. The maximum atomic E-state index is 12.8. The number of carbonyl (C=O) groups is 1. The van der Waals surface area contributed by atoms with Gasteiger partial charge in [0.25, 0.3) is 5.91 Å². The molecule has 4 aromatic rings. The highest BCUT2D eigenvalue weighted by molar-refractivity contribution is 5.94. The lowest BCUT2D eigenvalue weighted by Gasteiger charge is -2.14. The van der Waals surface area contributed by atoms with Gasteiger partial charge in [0.2, 0.25) is 0 Å². The van der Waals surface area contributed by atoms with Crippen molar-refractivity contribution >= 4 is 16.9 Å². The van der Waals surface area contributed by atoms with E-state index >= 15 is 0 Å². The van der Waals surface area contributed by atoms with Gasteiger partial charge in [0.05, 0.1) is 30.4 Å². The van der Waals surface area contributed by atoms with E-state index in [0.717, 1.165) is 5.56 Å². The lowest BCUT2D eigenvalue weighted by Crippen LogP contribution is -2.41. The minimum Gasteiger partial charge on any atom is -0.467 e. The van der Waals surface area contributed by atoms with Crippen molar-refractivity contribution in [3.63, 3.8) is 0 Å². The maximum absolute atomic E-state index is 12.8. The van der Waals surface area contributed by atoms with Gasteiger partial charge in [-0.2, -0.15) is 0 Å². The standard InChI is InChI=1S/C24H21N3O4/c1-2-13-26-20-7-3-4-8-21(20)27(24(30)23(26)29)16-17-9-11-18(12-10-17)22(28)25-15-19-6-5-14-31-19/h2-12,14H,1,13,15-16H2,(H,25,28). The van der Waals surface area contributed by atoms with Crippen molar-refractivity contribution in [1.29, 1.82) is 0 Å². The van der Waals surface area contributed by atoms with Crippen LogP contribution in [-0.2, 0) is 19.6 Å². The number of furan rings is 1. The highest BCUT2D eigenvalue weighted by Gasteiger charge is 2.13. The Balaban J connectivity index is 1.60. The predicted octanol–water partition coefficient (Wildman–Crippen LogP) is 2.92. The molecule has 2 aromatic heterocycles. The SMILES string of the molecule is C=CCn1c(=O)c(=O)n(Cc2ccc(C(=O)NCc3ccco3)cc2)c2ccccc21. The molecule has 31 heavy (non-hydrogen) atoms. The molecule has 0 saturated heterocycles. The quantitative estimate of drug-likeness (QED) is 0.371. The largest absolute Gasteiger partial charge is 0.467 e. The summed E-state index contributed by atoms with van der Waals surface area (Å²) < 4.78 is 8.09. The number of hydrogen-bond acceptors (Lipinski definition) is 4. The molecule has 0 aliphatic rings. The van der Waals surface area contributed by atoms with Gasteiger partial charge in [-0.25, -0.2) is 0 Å². The average Bonchev–Trinajstić information content (AvgIpc) is 3.32. The van der Waals surface area contributed by atoms with Gasteiger partial charge in [0.1, 0.15) is 5.76 Å². The van der Waals surface area contributed by atoms with Crippen molar-refractivity contribution in [3.8, 4) is 0 Å². The zero-order valence-corrected chi connectivity index (χ0v) is 16.8. The molecular formula is C24H21N3O4. The van der Waals surface area contributed by atoms with E-state index < -0.39 is 11.1 Å². The van der Waals surface area contributed by atoms with Crippen molar-refractivity contribution in [2.45, 2.75) is 19.6 Å². The Bertz CT molecular complexity index is 1350. The van der Waals surface area contributed by atoms with Crippen molar-refractivity contribution in [2.75, 3.05) is 0 Å². The third-order valence-corrected chi connectivity index (χ3v) is 5.01. The molecule has 0 spiro atoms. The number of aromatic nitrogens is 2. The second-order valence-corrected chi connectivity index (χ2v) is 7.04. The first kappa shape index (κ1) is 20.2. The number of fused-ring (bicyclic) bond motifs is 1. The first-order valence-corrected chi connectivity index (χ1v) is 9.81. The summed E-state index contributed by atoms with van der Waals surface area (Å²) in [6, 6.07) is 17.8. The maximum Gasteiger partial charge on any atom is 0.317 e. The molecule has 0 aliphatic heterocycles. The van der Waals surface area contributed by atoms with E-state index in [-0.39, 0.29) is 19.0 Å². The van der Waals surface area contributed by atoms with E-state index in [4.69, 9.17) is 4.42 Å². The number of hydrogen-bond donors (Lipinski definition) is 1. The Hall–Kier alpha value is -4.13. The van der Waals surface area contributed by atoms with Crippen molar-refractivity contribution in [3.05, 3.63) is 117 Å². The van der Waals surface area contributed by atoms with Crippen LogP contribution in [0.3, 0.4) is 0 Å². The van der Waals surface area contributed by atoms with Crippen LogP contribution in [0.5, 0.6) is 0 Å². The fourth-order valence-electron chi connectivity index (χ4n) is 3.46. The Morgan fingerprint density at radius 2 is 1.61 bits per heavy atom. The lowest BCUT2D eigenvalue weighted by molar-refractivity contribution is 0.0948. The van der Waals surface area contributed by atoms with E-state index in [1.165, 1.54) is 9.13 Å². The zero-order chi connectivity index (χ0) is 21.8. The number of carbonyl (C=O) groups excluding carboxylic acids is 1. The van der Waals surface area contributed by atoms with Gasteiger partial charge in [-0.3, -0.25) is 23.5 Å². The highest BCUT2D eigenvalue weighted by atomic mass is 16.3. The zero-order valence-electron chi connectivity index (χ0n) is 16.8. The first-order chi connectivity index (χ1) is 15.1. The summed E-state index contributed by atoms with van der Waals surface area (Å²) in [7, 11) is 0. The molecule has 156 valence electrons. The van der Waals surface area contributed by atoms with Crippen molar-refractivity contribution in [2.24, 2.45) is 0 Å². The average molecular weight is 415 g/mol. The van der Waals surface area contributed by atoms with Crippen LogP contribution in [0.4, 0.5) is 0 Å². The number of para-hydroxylation sites is 2. The second-order valence-electron chi connectivity index (χ2n) is 7.04. The molecular weight excluding hydrogens is 394 g/mol. The summed E-state index contributed by atoms with van der Waals surface area (Å²) in [5.74, 6) is 0.444. The number of benzene rings is 2. The molecule has 0 radical (unpaired) electrons. The number of allylic oxidation sites excluding steroid dienone is 1. The number of amides is 1. The molecule has 7 heteroatoms. The third-order valence-electron chi connectivity index (χ3n) is 5.01. The molecule has 0 fully saturated rings. The summed E-state index contributed by atoms with van der Waals surface area (Å²) in [4.78, 5) is 37.7. The van der Waals surface area contributed by atoms with Crippen LogP contribution in [0.2, 0.25) is 0 Å². The van der Waals surface area contributed by atoms with Crippen LogP contribution in [-0.4, -0.2) is 15.0 Å². The smallest absolute Gasteiger partial charge is 0.317 e. The van der Waals surface area contributed by atoms with E-state index in [2.05, 4.69) is 11.9 Å². The first-order valence-electron chi connectivity index (χ1n) is 9.81. The lowest BCUT2D eigenvalue weighted by atomic mass is 10.1. The molecule has 2 aromatic carbocycles. The van der Waals surface area contributed by atoms with Gasteiger partial charge >= 0.3 is 11.1 Å². The Kier molecular flexibility index (Phi) is 5.66. The molecule has 7 nitrogen and oxygen atoms in total. The number of rotatable bonds is 7. The van der Waals surface area contributed by atoms with Gasteiger partial charge in [-0.1, -0.05) is 30.3 Å². The minimum absolute atomic E-state index is 0.220. The molecule has 0 aliphatic carbocycles. The Morgan fingerprint density at radius 3 is 2.26 bits per heavy atom. The fraction of sp³-hybridized carbons (Fsp3) is 0.125. The van der Waals surface area contributed by atoms with Crippen LogP contribution < -0.4 is 16.4 Å². The highest BCUT2D eigenvalue weighted by Crippen LogP contribution is 2.13. The summed E-state index contributed by atoms with van der Waals surface area (Å²) >= 11 is 0. The summed E-state index contributed by atoms with van der Waals surface area (Å²) in [6.45, 7) is 4.45. The molecule has 0 atom stereocenters. The Labute approximate surface area is 177 Å². The van der Waals surface area contributed by atoms with Gasteiger partial charge in [0, 0.05) is 12.1 Å². The Morgan fingerprint density at radius 1 is 0.935 bits per heavy atom. The monoisotopic (exact) mass is 415 g/mol. The van der Waals surface area contributed by atoms with E-state index in [0.29, 0.717) is 28.9 Å². The van der Waals surface area contributed by atoms with Gasteiger partial charge in [0.15, 0.2) is 0 Å². The molecule has 1 amide bonds. The topological polar surface area (TPSA) is 86.2 Å². The number of nitrogens with zero attached hydrogens (tertiary/aromatic N) is 2. The summed E-state index contributed by atoms with van der Waals surface area (Å²) in [5, 5.41) is 2.79. The molecule has 4 rings (SSSR count). The summed E-state index contributed by atoms with van der Waals surface area (Å²) in [5.41, 5.74) is 1.44. The van der Waals surface area contributed by atoms with Crippen molar-refractivity contribution in [1.82, 2.24) is 14.5 Å². The van der Waals surface area contributed by atoms with Crippen LogP contribution >= 0.6 is 0 Å². The molecule has 2 heterocycles. The van der Waals surface area contributed by atoms with Gasteiger partial charge < -0.3 is 9.73 Å². The second kappa shape index (κ2) is 8.71. The normalized spacial score (nSPS) is 10.8. The van der Waals surface area contributed by atoms with Crippen LogP contribution in [0.1, 0.15) is 21.7 Å². The third kappa shape index (κ3) is 4.11. The van der Waals surface area contributed by atoms with Crippen LogP contribution in [0.15, 0.2) is 93.6 Å². The summed E-state index contributed by atoms with van der Waals surface area (Å²) in [6.07, 6.45) is 3.14.